The predicted molar refractivity (Wildman–Crippen MR) is 84.6 cm³/mol. The van der Waals surface area contributed by atoms with Gasteiger partial charge in [0.15, 0.2) is 5.13 Å². The van der Waals surface area contributed by atoms with Crippen LogP contribution in [0, 0.1) is 0 Å². The van der Waals surface area contributed by atoms with Crippen molar-refractivity contribution in [2.45, 2.75) is 19.3 Å². The van der Waals surface area contributed by atoms with Gasteiger partial charge in [0.1, 0.15) is 5.75 Å². The Labute approximate surface area is 128 Å². The minimum absolute atomic E-state index is 0.0500. The SMILES string of the molecule is COc1ccc(CCC(=O)NCCc2csc(N)n2)cc1. The fraction of sp³-hybridized carbons (Fsp3) is 0.333. The number of thiazole rings is 1. The molecule has 0 aliphatic carbocycles. The summed E-state index contributed by atoms with van der Waals surface area (Å²) in [4.78, 5) is 15.9. The quantitative estimate of drug-likeness (QED) is 0.820. The maximum atomic E-state index is 11.8. The van der Waals surface area contributed by atoms with Crippen LogP contribution < -0.4 is 15.8 Å². The fourth-order valence-electron chi connectivity index (χ4n) is 1.91. The lowest BCUT2D eigenvalue weighted by molar-refractivity contribution is -0.121. The molecule has 0 radical (unpaired) electrons. The number of aryl methyl sites for hydroxylation is 1. The number of nitrogens with two attached hydrogens (primary N) is 1. The van der Waals surface area contributed by atoms with Crippen LogP contribution in [-0.2, 0) is 17.6 Å². The highest BCUT2D eigenvalue weighted by atomic mass is 32.1. The minimum atomic E-state index is 0.0500. The number of ether oxygens (including phenoxy) is 1. The van der Waals surface area contributed by atoms with Crippen molar-refractivity contribution in [1.29, 1.82) is 0 Å². The van der Waals surface area contributed by atoms with Gasteiger partial charge in [-0.1, -0.05) is 12.1 Å². The molecule has 5 nitrogen and oxygen atoms in total. The molecule has 1 aromatic heterocycles. The van der Waals surface area contributed by atoms with Crippen molar-refractivity contribution < 1.29 is 9.53 Å². The Morgan fingerprint density at radius 2 is 2.10 bits per heavy atom. The van der Waals surface area contributed by atoms with E-state index in [0.29, 0.717) is 24.5 Å². The zero-order valence-corrected chi connectivity index (χ0v) is 12.8. The highest BCUT2D eigenvalue weighted by molar-refractivity contribution is 7.13. The first kappa shape index (κ1) is 15.3. The van der Waals surface area contributed by atoms with Crippen LogP contribution in [0.25, 0.3) is 0 Å². The first-order chi connectivity index (χ1) is 10.2. The molecular weight excluding hydrogens is 286 g/mol. The molecule has 2 rings (SSSR count). The largest absolute Gasteiger partial charge is 0.497 e. The number of amides is 1. The van der Waals surface area contributed by atoms with Gasteiger partial charge in [0.25, 0.3) is 0 Å². The molecule has 6 heteroatoms. The van der Waals surface area contributed by atoms with E-state index in [1.54, 1.807) is 7.11 Å². The minimum Gasteiger partial charge on any atom is -0.497 e. The summed E-state index contributed by atoms with van der Waals surface area (Å²) in [6, 6.07) is 7.76. The van der Waals surface area contributed by atoms with E-state index in [9.17, 15) is 4.79 Å². The van der Waals surface area contributed by atoms with Gasteiger partial charge in [-0.05, 0) is 24.1 Å². The fourth-order valence-corrected chi connectivity index (χ4v) is 2.50. The third-order valence-electron chi connectivity index (χ3n) is 3.07. The van der Waals surface area contributed by atoms with Gasteiger partial charge in [-0.2, -0.15) is 0 Å². The normalized spacial score (nSPS) is 10.3. The molecule has 3 N–H and O–H groups in total. The number of hydrogen-bond donors (Lipinski definition) is 2. The van der Waals surface area contributed by atoms with Crippen LogP contribution >= 0.6 is 11.3 Å². The second-order valence-corrected chi connectivity index (χ2v) is 5.51. The van der Waals surface area contributed by atoms with Crippen LogP contribution in [0.2, 0.25) is 0 Å². The van der Waals surface area contributed by atoms with E-state index in [-0.39, 0.29) is 5.91 Å². The highest BCUT2D eigenvalue weighted by Crippen LogP contribution is 2.13. The molecule has 2 aromatic rings. The number of methoxy groups -OCH3 is 1. The number of benzene rings is 1. The summed E-state index contributed by atoms with van der Waals surface area (Å²) >= 11 is 1.42. The van der Waals surface area contributed by atoms with Gasteiger partial charge in [-0.15, -0.1) is 11.3 Å². The van der Waals surface area contributed by atoms with Gasteiger partial charge in [0.05, 0.1) is 12.8 Å². The van der Waals surface area contributed by atoms with Crippen molar-refractivity contribution in [1.82, 2.24) is 10.3 Å². The van der Waals surface area contributed by atoms with E-state index in [1.807, 2.05) is 29.6 Å². The summed E-state index contributed by atoms with van der Waals surface area (Å²) in [6.07, 6.45) is 1.91. The van der Waals surface area contributed by atoms with Gasteiger partial charge < -0.3 is 15.8 Å². The standard InChI is InChI=1S/C15H19N3O2S/c1-20-13-5-2-11(3-6-13)4-7-14(19)17-9-8-12-10-21-15(16)18-12/h2-3,5-6,10H,4,7-9H2,1H3,(H2,16,18)(H,17,19). The van der Waals surface area contributed by atoms with Crippen LogP contribution in [0.5, 0.6) is 5.75 Å². The Hall–Kier alpha value is -2.08. The topological polar surface area (TPSA) is 77.2 Å². The second kappa shape index (κ2) is 7.64. The van der Waals surface area contributed by atoms with Gasteiger partial charge in [0, 0.05) is 24.8 Å². The molecule has 0 unspecified atom stereocenters. The Morgan fingerprint density at radius 1 is 1.33 bits per heavy atom. The number of nitrogens with zero attached hydrogens (tertiary/aromatic N) is 1. The molecule has 0 spiro atoms. The van der Waals surface area contributed by atoms with Gasteiger partial charge in [-0.3, -0.25) is 4.79 Å². The number of hydrogen-bond acceptors (Lipinski definition) is 5. The van der Waals surface area contributed by atoms with Crippen molar-refractivity contribution in [3.8, 4) is 5.75 Å². The molecule has 1 amide bonds. The Bertz CT molecular complexity index is 581. The Kier molecular flexibility index (Phi) is 5.57. The number of carbonyl (C=O) groups is 1. The van der Waals surface area contributed by atoms with Crippen LogP contribution in [-0.4, -0.2) is 24.5 Å². The summed E-state index contributed by atoms with van der Waals surface area (Å²) in [5.41, 5.74) is 7.60. The second-order valence-electron chi connectivity index (χ2n) is 4.63. The van der Waals surface area contributed by atoms with Crippen LogP contribution in [0.1, 0.15) is 17.7 Å². The lowest BCUT2D eigenvalue weighted by atomic mass is 10.1. The van der Waals surface area contributed by atoms with E-state index in [1.165, 1.54) is 11.3 Å². The third kappa shape index (κ3) is 5.07. The van der Waals surface area contributed by atoms with Gasteiger partial charge in [0.2, 0.25) is 5.91 Å². The number of aromatic nitrogens is 1. The molecule has 1 heterocycles. The van der Waals surface area contributed by atoms with Crippen molar-refractivity contribution in [3.05, 3.63) is 40.9 Å². The Balaban J connectivity index is 1.67. The van der Waals surface area contributed by atoms with E-state index < -0.39 is 0 Å². The van der Waals surface area contributed by atoms with Gasteiger partial charge in [-0.25, -0.2) is 4.98 Å². The van der Waals surface area contributed by atoms with E-state index in [2.05, 4.69) is 10.3 Å². The molecule has 1 aromatic carbocycles. The lowest BCUT2D eigenvalue weighted by Crippen LogP contribution is -2.25. The van der Waals surface area contributed by atoms with Crippen molar-refractivity contribution in [2.24, 2.45) is 0 Å². The first-order valence-electron chi connectivity index (χ1n) is 6.77. The molecule has 0 bridgehead atoms. The zero-order valence-electron chi connectivity index (χ0n) is 12.0. The van der Waals surface area contributed by atoms with Crippen LogP contribution in [0.3, 0.4) is 0 Å². The summed E-state index contributed by atoms with van der Waals surface area (Å²) in [5.74, 6) is 0.875. The molecule has 0 atom stereocenters. The molecule has 0 saturated heterocycles. The van der Waals surface area contributed by atoms with E-state index in [0.717, 1.165) is 23.4 Å². The molecule has 0 saturated carbocycles. The monoisotopic (exact) mass is 305 g/mol. The maximum Gasteiger partial charge on any atom is 0.220 e. The average Bonchev–Trinajstić information content (AvgIpc) is 2.91. The summed E-state index contributed by atoms with van der Waals surface area (Å²) in [6.45, 7) is 0.588. The number of anilines is 1. The number of carbonyl (C=O) groups excluding carboxylic acids is 1. The summed E-state index contributed by atoms with van der Waals surface area (Å²) < 4.78 is 5.10. The zero-order chi connectivity index (χ0) is 15.1. The molecule has 0 aliphatic heterocycles. The highest BCUT2D eigenvalue weighted by Gasteiger charge is 2.04. The van der Waals surface area contributed by atoms with E-state index in [4.69, 9.17) is 10.5 Å². The van der Waals surface area contributed by atoms with E-state index >= 15 is 0 Å². The maximum absolute atomic E-state index is 11.8. The Morgan fingerprint density at radius 3 is 2.71 bits per heavy atom. The molecule has 112 valence electrons. The first-order valence-corrected chi connectivity index (χ1v) is 7.65. The summed E-state index contributed by atoms with van der Waals surface area (Å²) in [7, 11) is 1.64. The molecule has 0 aliphatic rings. The predicted octanol–water partition coefficient (Wildman–Crippen LogP) is 2.03. The van der Waals surface area contributed by atoms with Gasteiger partial charge >= 0.3 is 0 Å². The number of rotatable bonds is 7. The number of nitrogen functional groups attached to an aromatic ring is 1. The molecule has 0 fully saturated rings. The van der Waals surface area contributed by atoms with Crippen LogP contribution in [0.4, 0.5) is 5.13 Å². The molecular formula is C15H19N3O2S. The third-order valence-corrected chi connectivity index (χ3v) is 3.80. The number of nitrogens with one attached hydrogen (secondary N) is 1. The van der Waals surface area contributed by atoms with Crippen molar-refractivity contribution in [2.75, 3.05) is 19.4 Å². The van der Waals surface area contributed by atoms with Crippen molar-refractivity contribution >= 4 is 22.4 Å². The lowest BCUT2D eigenvalue weighted by Gasteiger charge is -2.05. The van der Waals surface area contributed by atoms with Crippen molar-refractivity contribution in [3.63, 3.8) is 0 Å². The average molecular weight is 305 g/mol. The summed E-state index contributed by atoms with van der Waals surface area (Å²) in [5, 5.41) is 5.37. The van der Waals surface area contributed by atoms with Crippen LogP contribution in [0.15, 0.2) is 29.6 Å². The molecule has 21 heavy (non-hydrogen) atoms. The smallest absolute Gasteiger partial charge is 0.220 e.